The smallest absolute Gasteiger partial charge is 0.307 e. The Morgan fingerprint density at radius 3 is 2.44 bits per heavy atom. The molecule has 0 aliphatic rings. The topological polar surface area (TPSA) is 75.5 Å². The monoisotopic (exact) mass is 420 g/mol. The van der Waals surface area contributed by atoms with Crippen LogP contribution < -0.4 is 15.5 Å². The van der Waals surface area contributed by atoms with E-state index in [1.807, 2.05) is 6.07 Å². The molecular formula is C18H14Cl2N4O2S. The summed E-state index contributed by atoms with van der Waals surface area (Å²) in [5.74, 6) is -0.576. The highest BCUT2D eigenvalue weighted by Crippen LogP contribution is 2.22. The summed E-state index contributed by atoms with van der Waals surface area (Å²) in [5, 5.41) is 9.05. The molecule has 3 aromatic rings. The summed E-state index contributed by atoms with van der Waals surface area (Å²) in [6.07, 6.45) is 0. The molecule has 2 aromatic carbocycles. The van der Waals surface area contributed by atoms with E-state index in [4.69, 9.17) is 23.2 Å². The molecule has 1 aromatic heterocycles. The minimum absolute atomic E-state index is 0.222. The molecule has 0 aliphatic carbocycles. The number of hydrogen-bond acceptors (Lipinski definition) is 4. The normalized spacial score (nSPS) is 11.3. The van der Waals surface area contributed by atoms with Gasteiger partial charge in [-0.15, -0.1) is 28.0 Å². The summed E-state index contributed by atoms with van der Waals surface area (Å²) in [4.78, 5) is 24.6. The zero-order valence-electron chi connectivity index (χ0n) is 13.9. The molecule has 138 valence electrons. The number of para-hydroxylation sites is 1. The van der Waals surface area contributed by atoms with E-state index in [1.165, 1.54) is 15.9 Å². The third kappa shape index (κ3) is 4.77. The lowest BCUT2D eigenvalue weighted by Gasteiger charge is -2.06. The van der Waals surface area contributed by atoms with Crippen LogP contribution in [0.25, 0.3) is 11.3 Å². The summed E-state index contributed by atoms with van der Waals surface area (Å²) < 4.78 is 1.36. The van der Waals surface area contributed by atoms with Crippen molar-refractivity contribution in [2.75, 3.05) is 11.2 Å². The van der Waals surface area contributed by atoms with Gasteiger partial charge in [0.2, 0.25) is 10.7 Å². The lowest BCUT2D eigenvalue weighted by atomic mass is 10.2. The van der Waals surface area contributed by atoms with E-state index in [1.54, 1.807) is 53.9 Å². The first-order valence-electron chi connectivity index (χ1n) is 7.80. The molecule has 0 unspecified atom stereocenters. The number of hydrogen-bond donors (Lipinski definition) is 2. The Bertz CT molecular complexity index is 1010. The second-order valence-corrected chi connectivity index (χ2v) is 6.86. The van der Waals surface area contributed by atoms with Gasteiger partial charge in [-0.3, -0.25) is 9.36 Å². The highest BCUT2D eigenvalue weighted by atomic mass is 35.5. The number of halogens is 2. The molecule has 0 saturated carbocycles. The number of carbonyl (C=O) groups excluding carboxylic acids is 2. The first kappa shape index (κ1) is 19.2. The molecule has 0 saturated heterocycles. The van der Waals surface area contributed by atoms with E-state index in [2.05, 4.69) is 15.8 Å². The van der Waals surface area contributed by atoms with Crippen LogP contribution in [0.5, 0.6) is 0 Å². The van der Waals surface area contributed by atoms with Crippen LogP contribution in [0.3, 0.4) is 0 Å². The first-order valence-corrected chi connectivity index (χ1v) is 9.59. The van der Waals surface area contributed by atoms with E-state index in [-0.39, 0.29) is 11.8 Å². The van der Waals surface area contributed by atoms with Crippen LogP contribution in [0.4, 0.5) is 10.5 Å². The van der Waals surface area contributed by atoms with Gasteiger partial charge in [0.15, 0.2) is 0 Å². The second-order valence-electron chi connectivity index (χ2n) is 5.32. The number of amides is 2. The van der Waals surface area contributed by atoms with Crippen molar-refractivity contribution in [1.29, 1.82) is 0 Å². The Morgan fingerprint density at radius 1 is 1.07 bits per heavy atom. The molecule has 0 fully saturated rings. The Balaban J connectivity index is 1.88. The van der Waals surface area contributed by atoms with E-state index in [9.17, 15) is 9.59 Å². The predicted octanol–water partition coefficient (Wildman–Crippen LogP) is 4.39. The Hall–Kier alpha value is -2.61. The predicted molar refractivity (Wildman–Crippen MR) is 108 cm³/mol. The fourth-order valence-corrected chi connectivity index (χ4v) is 3.40. The maximum atomic E-state index is 12.3. The first-order chi connectivity index (χ1) is 13.1. The molecule has 0 spiro atoms. The lowest BCUT2D eigenvalue weighted by Crippen LogP contribution is -2.31. The zero-order valence-corrected chi connectivity index (χ0v) is 16.2. The van der Waals surface area contributed by atoms with E-state index < -0.39 is 6.03 Å². The van der Waals surface area contributed by atoms with Crippen molar-refractivity contribution in [3.63, 3.8) is 0 Å². The number of nitrogens with zero attached hydrogens (tertiary/aromatic N) is 2. The number of urea groups is 1. The molecule has 9 heteroatoms. The number of aromatic nitrogens is 1. The van der Waals surface area contributed by atoms with Gasteiger partial charge in [-0.1, -0.05) is 41.9 Å². The van der Waals surface area contributed by atoms with Gasteiger partial charge in [0, 0.05) is 16.1 Å². The largest absolute Gasteiger partial charge is 0.339 e. The van der Waals surface area contributed by atoms with Crippen LogP contribution in [0.1, 0.15) is 4.79 Å². The number of rotatable bonds is 4. The number of anilines is 1. The van der Waals surface area contributed by atoms with Crippen molar-refractivity contribution in [2.45, 2.75) is 0 Å². The third-order valence-electron chi connectivity index (χ3n) is 3.50. The quantitative estimate of drug-likeness (QED) is 0.485. The molecule has 2 amide bonds. The number of alkyl halides is 1. The Kier molecular flexibility index (Phi) is 6.28. The van der Waals surface area contributed by atoms with Gasteiger partial charge in [-0.2, -0.15) is 0 Å². The molecule has 0 bridgehead atoms. The summed E-state index contributed by atoms with van der Waals surface area (Å²) in [5.41, 5.74) is 4.42. The van der Waals surface area contributed by atoms with Crippen molar-refractivity contribution < 1.29 is 9.59 Å². The number of nitrogens with one attached hydrogen (secondary N) is 2. The average Bonchev–Trinajstić information content (AvgIpc) is 3.11. The SMILES string of the molecule is O=C(NN=c1scc(-c2ccc(Cl)cc2)n1C(=O)CCl)Nc1ccccc1. The van der Waals surface area contributed by atoms with E-state index in [0.29, 0.717) is 21.2 Å². The number of carbonyl (C=O) groups is 2. The van der Waals surface area contributed by atoms with Crippen LogP contribution in [0.2, 0.25) is 5.02 Å². The van der Waals surface area contributed by atoms with Gasteiger partial charge >= 0.3 is 6.03 Å². The van der Waals surface area contributed by atoms with Crippen molar-refractivity contribution in [2.24, 2.45) is 5.10 Å². The fraction of sp³-hybridized carbons (Fsp3) is 0.0556. The number of benzene rings is 2. The molecule has 0 radical (unpaired) electrons. The molecule has 3 rings (SSSR count). The molecule has 6 nitrogen and oxygen atoms in total. The van der Waals surface area contributed by atoms with Gasteiger partial charge in [0.25, 0.3) is 0 Å². The average molecular weight is 421 g/mol. The molecule has 27 heavy (non-hydrogen) atoms. The molecule has 0 atom stereocenters. The Morgan fingerprint density at radius 2 is 1.78 bits per heavy atom. The zero-order chi connectivity index (χ0) is 19.2. The highest BCUT2D eigenvalue weighted by Gasteiger charge is 2.14. The molecule has 0 aliphatic heterocycles. The maximum absolute atomic E-state index is 12.3. The van der Waals surface area contributed by atoms with Gasteiger partial charge in [-0.05, 0) is 29.8 Å². The van der Waals surface area contributed by atoms with Crippen molar-refractivity contribution in [1.82, 2.24) is 9.99 Å². The molecular weight excluding hydrogens is 407 g/mol. The van der Waals surface area contributed by atoms with E-state index in [0.717, 1.165) is 5.56 Å². The number of thiazole rings is 1. The molecule has 2 N–H and O–H groups in total. The maximum Gasteiger partial charge on any atom is 0.339 e. The Labute approximate surface area is 169 Å². The van der Waals surface area contributed by atoms with Crippen molar-refractivity contribution >= 4 is 52.2 Å². The minimum atomic E-state index is -0.521. The van der Waals surface area contributed by atoms with Gasteiger partial charge < -0.3 is 5.32 Å². The second kappa shape index (κ2) is 8.85. The summed E-state index contributed by atoms with van der Waals surface area (Å²) in [6.45, 7) is 0. The summed E-state index contributed by atoms with van der Waals surface area (Å²) >= 11 is 12.9. The van der Waals surface area contributed by atoms with Crippen LogP contribution in [0.15, 0.2) is 65.1 Å². The van der Waals surface area contributed by atoms with Gasteiger partial charge in [-0.25, -0.2) is 10.2 Å². The lowest BCUT2D eigenvalue weighted by molar-refractivity contribution is 0.0938. The van der Waals surface area contributed by atoms with Crippen LogP contribution >= 0.6 is 34.5 Å². The highest BCUT2D eigenvalue weighted by molar-refractivity contribution is 7.07. The van der Waals surface area contributed by atoms with Crippen LogP contribution in [-0.2, 0) is 0 Å². The minimum Gasteiger partial charge on any atom is -0.307 e. The standard InChI is InChI=1S/C18H14Cl2N4O2S/c19-10-16(25)24-15(12-6-8-13(20)9-7-12)11-27-18(24)23-22-17(26)21-14-4-2-1-3-5-14/h1-9,11H,10H2,(H2,21,22,26). The summed E-state index contributed by atoms with van der Waals surface area (Å²) in [7, 11) is 0. The van der Waals surface area contributed by atoms with Crippen molar-refractivity contribution in [3.05, 3.63) is 69.8 Å². The van der Waals surface area contributed by atoms with Crippen molar-refractivity contribution in [3.8, 4) is 11.3 Å². The van der Waals surface area contributed by atoms with E-state index >= 15 is 0 Å². The van der Waals surface area contributed by atoms with Gasteiger partial charge in [0.05, 0.1) is 5.69 Å². The van der Waals surface area contributed by atoms with Crippen LogP contribution in [0, 0.1) is 0 Å². The van der Waals surface area contributed by atoms with Gasteiger partial charge in [0.1, 0.15) is 5.88 Å². The van der Waals surface area contributed by atoms with Crippen LogP contribution in [-0.4, -0.2) is 22.4 Å². The molecule has 1 heterocycles. The fourth-order valence-electron chi connectivity index (χ4n) is 2.29. The third-order valence-corrected chi connectivity index (χ3v) is 4.80. The summed E-state index contributed by atoms with van der Waals surface area (Å²) in [6, 6.07) is 15.5.